The fourth-order valence-corrected chi connectivity index (χ4v) is 2.44. The van der Waals surface area contributed by atoms with Crippen molar-refractivity contribution in [3.8, 4) is 5.69 Å². The number of aromatic carboxylic acids is 1. The van der Waals surface area contributed by atoms with Crippen molar-refractivity contribution in [2.75, 3.05) is 0 Å². The van der Waals surface area contributed by atoms with Crippen molar-refractivity contribution in [3.63, 3.8) is 0 Å². The molecule has 2 rings (SSSR count). The SMILES string of the molecule is Cc1cc([N+](=O)[O-])c(Cl)cc1-n1nc(C)c(C(=O)O)c1C. The van der Waals surface area contributed by atoms with Crippen molar-refractivity contribution >= 4 is 23.3 Å². The molecule has 0 saturated carbocycles. The first-order valence-corrected chi connectivity index (χ1v) is 6.36. The molecule has 1 aromatic carbocycles. The molecule has 8 heteroatoms. The minimum atomic E-state index is -1.07. The number of hydrogen-bond donors (Lipinski definition) is 1. The maximum Gasteiger partial charge on any atom is 0.339 e. The molecule has 0 aliphatic heterocycles. The summed E-state index contributed by atoms with van der Waals surface area (Å²) in [5.74, 6) is -1.07. The molecule has 7 nitrogen and oxygen atoms in total. The van der Waals surface area contributed by atoms with Crippen LogP contribution in [0.15, 0.2) is 12.1 Å². The predicted octanol–water partition coefficient (Wildman–Crippen LogP) is 3.06. The zero-order chi connectivity index (χ0) is 15.9. The number of aromatic nitrogens is 2. The standard InChI is InChI=1S/C13H12ClN3O4/c1-6-4-11(17(20)21)9(14)5-10(6)16-8(3)12(13(18)19)7(2)15-16/h4-5H,1-3H3,(H,18,19). The number of aryl methyl sites for hydroxylation is 2. The third-order valence-electron chi connectivity index (χ3n) is 3.20. The van der Waals surface area contributed by atoms with Gasteiger partial charge in [0.15, 0.2) is 0 Å². The molecule has 0 saturated heterocycles. The first kappa shape index (κ1) is 15.0. The third-order valence-corrected chi connectivity index (χ3v) is 3.50. The van der Waals surface area contributed by atoms with Crippen LogP contribution in [-0.4, -0.2) is 25.8 Å². The van der Waals surface area contributed by atoms with Gasteiger partial charge in [-0.15, -0.1) is 0 Å². The fraction of sp³-hybridized carbons (Fsp3) is 0.231. The monoisotopic (exact) mass is 309 g/mol. The number of nitro benzene ring substituents is 1. The van der Waals surface area contributed by atoms with Gasteiger partial charge >= 0.3 is 5.97 Å². The number of nitro groups is 1. The molecular weight excluding hydrogens is 298 g/mol. The van der Waals surface area contributed by atoms with Crippen molar-refractivity contribution in [2.24, 2.45) is 0 Å². The highest BCUT2D eigenvalue weighted by Gasteiger charge is 2.22. The Labute approximate surface area is 124 Å². The van der Waals surface area contributed by atoms with Crippen LogP contribution >= 0.6 is 11.6 Å². The van der Waals surface area contributed by atoms with Gasteiger partial charge in [0, 0.05) is 6.07 Å². The van der Waals surface area contributed by atoms with Gasteiger partial charge < -0.3 is 5.11 Å². The second kappa shape index (κ2) is 5.17. The summed E-state index contributed by atoms with van der Waals surface area (Å²) in [5, 5.41) is 24.2. The Kier molecular flexibility index (Phi) is 3.69. The molecule has 0 atom stereocenters. The Morgan fingerprint density at radius 3 is 2.48 bits per heavy atom. The zero-order valence-corrected chi connectivity index (χ0v) is 12.3. The van der Waals surface area contributed by atoms with Gasteiger partial charge in [-0.3, -0.25) is 10.1 Å². The summed E-state index contributed by atoms with van der Waals surface area (Å²) in [6.07, 6.45) is 0. The number of hydrogen-bond acceptors (Lipinski definition) is 4. The van der Waals surface area contributed by atoms with E-state index in [1.165, 1.54) is 16.8 Å². The fourth-order valence-electron chi connectivity index (χ4n) is 2.21. The van der Waals surface area contributed by atoms with Gasteiger partial charge in [0.2, 0.25) is 0 Å². The van der Waals surface area contributed by atoms with Crippen LogP contribution in [-0.2, 0) is 0 Å². The first-order valence-electron chi connectivity index (χ1n) is 5.98. The first-order chi connectivity index (χ1) is 9.73. The molecule has 0 fully saturated rings. The Hall–Kier alpha value is -2.41. The van der Waals surface area contributed by atoms with Crippen molar-refractivity contribution in [2.45, 2.75) is 20.8 Å². The van der Waals surface area contributed by atoms with Gasteiger partial charge in [0.05, 0.1) is 22.0 Å². The third kappa shape index (κ3) is 2.47. The molecule has 1 aromatic heterocycles. The van der Waals surface area contributed by atoms with Crippen molar-refractivity contribution in [1.82, 2.24) is 9.78 Å². The van der Waals surface area contributed by atoms with Crippen LogP contribution in [0.1, 0.15) is 27.3 Å². The number of benzene rings is 1. The van der Waals surface area contributed by atoms with E-state index in [2.05, 4.69) is 5.10 Å². The molecule has 0 aliphatic carbocycles. The van der Waals surface area contributed by atoms with E-state index in [9.17, 15) is 20.0 Å². The number of halogens is 1. The van der Waals surface area contributed by atoms with Crippen LogP contribution in [0.2, 0.25) is 5.02 Å². The smallest absolute Gasteiger partial charge is 0.339 e. The number of carboxylic acid groups (broad SMARTS) is 1. The molecule has 1 N–H and O–H groups in total. The summed E-state index contributed by atoms with van der Waals surface area (Å²) >= 11 is 5.91. The topological polar surface area (TPSA) is 98.3 Å². The maximum absolute atomic E-state index is 11.2. The Morgan fingerprint density at radius 2 is 2.00 bits per heavy atom. The molecule has 1 heterocycles. The van der Waals surface area contributed by atoms with Gasteiger partial charge in [-0.05, 0) is 32.4 Å². The highest BCUT2D eigenvalue weighted by atomic mass is 35.5. The van der Waals surface area contributed by atoms with E-state index in [4.69, 9.17) is 11.6 Å². The molecule has 0 unspecified atom stereocenters. The van der Waals surface area contributed by atoms with Crippen LogP contribution in [0.5, 0.6) is 0 Å². The van der Waals surface area contributed by atoms with Crippen LogP contribution in [0, 0.1) is 30.9 Å². The zero-order valence-electron chi connectivity index (χ0n) is 11.5. The van der Waals surface area contributed by atoms with E-state index in [0.717, 1.165) is 0 Å². The molecule has 0 aliphatic rings. The van der Waals surface area contributed by atoms with E-state index >= 15 is 0 Å². The number of rotatable bonds is 3. The summed E-state index contributed by atoms with van der Waals surface area (Å²) in [4.78, 5) is 21.5. The highest BCUT2D eigenvalue weighted by molar-refractivity contribution is 6.32. The second-order valence-corrected chi connectivity index (χ2v) is 5.02. The predicted molar refractivity (Wildman–Crippen MR) is 76.4 cm³/mol. The highest BCUT2D eigenvalue weighted by Crippen LogP contribution is 2.30. The molecule has 2 aromatic rings. The average molecular weight is 310 g/mol. The summed E-state index contributed by atoms with van der Waals surface area (Å²) in [6.45, 7) is 4.89. The molecule has 21 heavy (non-hydrogen) atoms. The minimum Gasteiger partial charge on any atom is -0.478 e. The second-order valence-electron chi connectivity index (χ2n) is 4.61. The van der Waals surface area contributed by atoms with E-state index in [0.29, 0.717) is 22.6 Å². The van der Waals surface area contributed by atoms with Gasteiger partial charge in [-0.25, -0.2) is 9.48 Å². The lowest BCUT2D eigenvalue weighted by atomic mass is 10.1. The van der Waals surface area contributed by atoms with Gasteiger partial charge in [0.25, 0.3) is 5.69 Å². The number of nitrogens with zero attached hydrogens (tertiary/aromatic N) is 3. The van der Waals surface area contributed by atoms with Gasteiger partial charge in [-0.1, -0.05) is 11.6 Å². The van der Waals surface area contributed by atoms with Crippen molar-refractivity contribution in [1.29, 1.82) is 0 Å². The number of carboxylic acids is 1. The average Bonchev–Trinajstić information content (AvgIpc) is 2.66. The molecule has 0 bridgehead atoms. The van der Waals surface area contributed by atoms with Gasteiger partial charge in [-0.2, -0.15) is 5.10 Å². The maximum atomic E-state index is 11.2. The van der Waals surface area contributed by atoms with E-state index in [1.807, 2.05) is 0 Å². The van der Waals surface area contributed by atoms with Crippen LogP contribution in [0.3, 0.4) is 0 Å². The Balaban J connectivity index is 2.69. The molecule has 0 spiro atoms. The van der Waals surface area contributed by atoms with Crippen molar-refractivity contribution < 1.29 is 14.8 Å². The summed E-state index contributed by atoms with van der Waals surface area (Å²) in [7, 11) is 0. The molecular formula is C13H12ClN3O4. The molecule has 110 valence electrons. The minimum absolute atomic E-state index is 0.0231. The molecule has 0 amide bonds. The Bertz CT molecular complexity index is 767. The summed E-state index contributed by atoms with van der Waals surface area (Å²) < 4.78 is 1.43. The van der Waals surface area contributed by atoms with Crippen LogP contribution < -0.4 is 0 Å². The Morgan fingerprint density at radius 1 is 1.38 bits per heavy atom. The summed E-state index contributed by atoms with van der Waals surface area (Å²) in [6, 6.07) is 2.76. The van der Waals surface area contributed by atoms with E-state index in [-0.39, 0.29) is 16.3 Å². The quantitative estimate of drug-likeness (QED) is 0.694. The van der Waals surface area contributed by atoms with E-state index < -0.39 is 10.9 Å². The molecule has 0 radical (unpaired) electrons. The van der Waals surface area contributed by atoms with Crippen LogP contribution in [0.4, 0.5) is 5.69 Å². The lowest BCUT2D eigenvalue weighted by Gasteiger charge is -2.09. The largest absolute Gasteiger partial charge is 0.478 e. The van der Waals surface area contributed by atoms with E-state index in [1.54, 1.807) is 20.8 Å². The van der Waals surface area contributed by atoms with Crippen LogP contribution in [0.25, 0.3) is 5.69 Å². The lowest BCUT2D eigenvalue weighted by molar-refractivity contribution is -0.384. The number of carbonyl (C=O) groups is 1. The van der Waals surface area contributed by atoms with Crippen molar-refractivity contribution in [3.05, 3.63) is 49.8 Å². The lowest BCUT2D eigenvalue weighted by Crippen LogP contribution is -2.05. The normalized spacial score (nSPS) is 10.7. The summed E-state index contributed by atoms with van der Waals surface area (Å²) in [5.41, 5.74) is 1.82. The van der Waals surface area contributed by atoms with Gasteiger partial charge in [0.1, 0.15) is 10.6 Å².